The first-order valence-electron chi connectivity index (χ1n) is 16.0. The largest absolute Gasteiger partial charge is 0.318 e. The van der Waals surface area contributed by atoms with Gasteiger partial charge >= 0.3 is 0 Å². The zero-order chi connectivity index (χ0) is 30.7. The molecule has 2 nitrogen and oxygen atoms in total. The number of hydrogen-bond donors (Lipinski definition) is 1. The number of rotatable bonds is 4. The molecular weight excluding hydrogens is 556 g/mol. The molecular formula is C44H32N2. The first kappa shape index (κ1) is 26.7. The maximum absolute atomic E-state index is 7.29. The number of fused-ring (bicyclic) bond motifs is 5. The summed E-state index contributed by atoms with van der Waals surface area (Å²) in [6.45, 7) is 0. The molecule has 0 fully saturated rings. The minimum absolute atomic E-state index is 0.613. The summed E-state index contributed by atoms with van der Waals surface area (Å²) in [7, 11) is 0. The van der Waals surface area contributed by atoms with Crippen LogP contribution in [0.3, 0.4) is 0 Å². The van der Waals surface area contributed by atoms with E-state index in [1.165, 1.54) is 65.3 Å². The topological polar surface area (TPSA) is 30.9 Å². The number of aromatic nitrogens is 1. The van der Waals surface area contributed by atoms with Crippen LogP contribution in [0.5, 0.6) is 0 Å². The third kappa shape index (κ3) is 4.08. The van der Waals surface area contributed by atoms with E-state index in [2.05, 4.69) is 174 Å². The van der Waals surface area contributed by atoms with E-state index in [0.717, 1.165) is 17.7 Å². The van der Waals surface area contributed by atoms with E-state index in [1.807, 2.05) is 0 Å². The van der Waals surface area contributed by atoms with Gasteiger partial charge < -0.3 is 10.3 Å². The van der Waals surface area contributed by atoms with E-state index >= 15 is 0 Å². The van der Waals surface area contributed by atoms with Crippen LogP contribution in [-0.2, 0) is 5.54 Å². The average molecular weight is 589 g/mol. The molecule has 1 heterocycles. The normalized spacial score (nSPS) is 15.8. The van der Waals surface area contributed by atoms with Crippen LogP contribution in [0.2, 0.25) is 0 Å². The Hall–Kier alpha value is -5.70. The van der Waals surface area contributed by atoms with Gasteiger partial charge in [-0.1, -0.05) is 146 Å². The molecule has 0 bridgehead atoms. The van der Waals surface area contributed by atoms with Crippen molar-refractivity contribution in [3.63, 3.8) is 0 Å². The molecule has 1 atom stereocenters. The molecule has 8 aromatic rings. The van der Waals surface area contributed by atoms with Gasteiger partial charge in [-0.2, -0.15) is 0 Å². The van der Waals surface area contributed by atoms with Crippen LogP contribution >= 0.6 is 0 Å². The summed E-state index contributed by atoms with van der Waals surface area (Å²) in [5, 5.41) is 8.67. The Bertz CT molecular complexity index is 2490. The number of benzene rings is 7. The van der Waals surface area contributed by atoms with Crippen molar-refractivity contribution in [2.24, 2.45) is 5.73 Å². The van der Waals surface area contributed by atoms with E-state index < -0.39 is 5.54 Å². The predicted molar refractivity (Wildman–Crippen MR) is 194 cm³/mol. The Morgan fingerprint density at radius 3 is 1.54 bits per heavy atom. The van der Waals surface area contributed by atoms with Gasteiger partial charge in [0.1, 0.15) is 0 Å². The molecule has 0 saturated carbocycles. The molecule has 2 heteroatoms. The lowest BCUT2D eigenvalue weighted by Gasteiger charge is -2.28. The highest BCUT2D eigenvalue weighted by atomic mass is 15.0. The zero-order valence-electron chi connectivity index (χ0n) is 25.4. The smallest absolute Gasteiger partial charge is 0.0640 e. The van der Waals surface area contributed by atoms with Crippen molar-refractivity contribution < 1.29 is 0 Å². The predicted octanol–water partition coefficient (Wildman–Crippen LogP) is 9.09. The standard InChI is InChI=1S/C44H32N2/c45-44(28-27-41-39(29-44)34-17-11-12-22-40(34)46(41)33-15-5-2-6-16-33)32-25-23-31(24-26-32)43-37-20-9-7-18-35(37)42(30-13-3-1-4-14-30)36-19-8-10-21-38(36)43/h1-27,29H,28,45H2. The molecule has 0 amide bonds. The van der Waals surface area contributed by atoms with E-state index in [1.54, 1.807) is 0 Å². The summed E-state index contributed by atoms with van der Waals surface area (Å²) in [5.74, 6) is 0. The monoisotopic (exact) mass is 588 g/mol. The average Bonchev–Trinajstić information content (AvgIpc) is 3.44. The summed E-state index contributed by atoms with van der Waals surface area (Å²) in [6.07, 6.45) is 5.33. The quantitative estimate of drug-likeness (QED) is 0.204. The van der Waals surface area contributed by atoms with Crippen LogP contribution in [0.1, 0.15) is 12.0 Å². The molecule has 1 aromatic heterocycles. The third-order valence-corrected chi connectivity index (χ3v) is 9.71. The van der Waals surface area contributed by atoms with Gasteiger partial charge in [-0.25, -0.2) is 0 Å². The van der Waals surface area contributed by atoms with Crippen LogP contribution in [0.4, 0.5) is 0 Å². The van der Waals surface area contributed by atoms with Crippen molar-refractivity contribution in [1.82, 2.24) is 4.57 Å². The lowest BCUT2D eigenvalue weighted by atomic mass is 9.82. The molecule has 0 aliphatic heterocycles. The Morgan fingerprint density at radius 2 is 0.957 bits per heavy atom. The highest BCUT2D eigenvalue weighted by molar-refractivity contribution is 6.21. The fourth-order valence-electron chi connectivity index (χ4n) is 7.58. The molecule has 46 heavy (non-hydrogen) atoms. The second-order valence-electron chi connectivity index (χ2n) is 12.4. The summed E-state index contributed by atoms with van der Waals surface area (Å²) < 4.78 is 2.36. The van der Waals surface area contributed by atoms with E-state index in [-0.39, 0.29) is 0 Å². The second kappa shape index (κ2) is 10.4. The van der Waals surface area contributed by atoms with E-state index in [4.69, 9.17) is 5.73 Å². The number of nitrogens with two attached hydrogens (primary N) is 1. The van der Waals surface area contributed by atoms with Gasteiger partial charge in [0.05, 0.1) is 11.1 Å². The molecule has 9 rings (SSSR count). The van der Waals surface area contributed by atoms with Crippen molar-refractivity contribution in [3.8, 4) is 27.9 Å². The van der Waals surface area contributed by atoms with E-state index in [9.17, 15) is 0 Å². The molecule has 218 valence electrons. The molecule has 0 spiro atoms. The molecule has 0 radical (unpaired) electrons. The fourth-order valence-corrected chi connectivity index (χ4v) is 7.58. The van der Waals surface area contributed by atoms with Crippen LogP contribution in [0.25, 0.3) is 72.5 Å². The molecule has 1 aliphatic rings. The molecule has 2 N–H and O–H groups in total. The highest BCUT2D eigenvalue weighted by Gasteiger charge is 2.28. The minimum atomic E-state index is -0.613. The Balaban J connectivity index is 1.20. The van der Waals surface area contributed by atoms with Crippen molar-refractivity contribution in [2.75, 3.05) is 0 Å². The van der Waals surface area contributed by atoms with Crippen LogP contribution in [-0.4, -0.2) is 4.57 Å². The first-order valence-corrected chi connectivity index (χ1v) is 16.0. The Morgan fingerprint density at radius 1 is 0.478 bits per heavy atom. The number of hydrogen-bond acceptors (Lipinski definition) is 1. The van der Waals surface area contributed by atoms with E-state index in [0.29, 0.717) is 0 Å². The second-order valence-corrected chi connectivity index (χ2v) is 12.4. The van der Waals surface area contributed by atoms with Gasteiger partial charge in [-0.3, -0.25) is 0 Å². The maximum atomic E-state index is 7.29. The minimum Gasteiger partial charge on any atom is -0.318 e. The molecule has 1 aliphatic carbocycles. The third-order valence-electron chi connectivity index (χ3n) is 9.71. The summed E-state index contributed by atoms with van der Waals surface area (Å²) in [5.41, 5.74) is 15.1. The van der Waals surface area contributed by atoms with Crippen LogP contribution < -0.4 is 16.3 Å². The molecule has 0 saturated heterocycles. The van der Waals surface area contributed by atoms with Crippen LogP contribution in [0, 0.1) is 0 Å². The van der Waals surface area contributed by atoms with Crippen LogP contribution in [0.15, 0.2) is 158 Å². The van der Waals surface area contributed by atoms with Crippen molar-refractivity contribution in [2.45, 2.75) is 12.0 Å². The van der Waals surface area contributed by atoms with Gasteiger partial charge in [0.15, 0.2) is 0 Å². The van der Waals surface area contributed by atoms with Gasteiger partial charge in [0.25, 0.3) is 0 Å². The number of nitrogens with zero attached hydrogens (tertiary/aromatic N) is 1. The SMILES string of the molecule is NC1(c2ccc(-c3c4ccccc4c(-c4ccccc4)c4ccccc34)cc2)C=c2c(n(-c3ccccc3)c3ccccc23)=CC1. The molecule has 7 aromatic carbocycles. The molecule has 1 unspecified atom stereocenters. The summed E-state index contributed by atoms with van der Waals surface area (Å²) in [4.78, 5) is 0. The zero-order valence-corrected chi connectivity index (χ0v) is 25.4. The van der Waals surface area contributed by atoms with Gasteiger partial charge in [0, 0.05) is 21.6 Å². The Labute approximate surface area is 268 Å². The van der Waals surface area contributed by atoms with Crippen molar-refractivity contribution in [3.05, 3.63) is 174 Å². The van der Waals surface area contributed by atoms with Crippen molar-refractivity contribution in [1.29, 1.82) is 0 Å². The Kier molecular flexibility index (Phi) is 6.06. The first-order chi connectivity index (χ1) is 22.7. The van der Waals surface area contributed by atoms with Gasteiger partial charge in [-0.15, -0.1) is 0 Å². The number of para-hydroxylation sites is 2. The lowest BCUT2D eigenvalue weighted by Crippen LogP contribution is -2.43. The maximum Gasteiger partial charge on any atom is 0.0640 e. The highest BCUT2D eigenvalue weighted by Crippen LogP contribution is 2.43. The fraction of sp³-hybridized carbons (Fsp3) is 0.0455. The van der Waals surface area contributed by atoms with Gasteiger partial charge in [0.2, 0.25) is 0 Å². The van der Waals surface area contributed by atoms with Gasteiger partial charge in [-0.05, 0) is 80.1 Å². The summed E-state index contributed by atoms with van der Waals surface area (Å²) in [6, 6.07) is 56.6. The summed E-state index contributed by atoms with van der Waals surface area (Å²) >= 11 is 0. The lowest BCUT2D eigenvalue weighted by molar-refractivity contribution is 0.615. The van der Waals surface area contributed by atoms with Crippen molar-refractivity contribution >= 4 is 44.6 Å².